The predicted molar refractivity (Wildman–Crippen MR) is 104 cm³/mol. The van der Waals surface area contributed by atoms with Gasteiger partial charge in [-0.25, -0.2) is 15.0 Å². The molecule has 0 amide bonds. The van der Waals surface area contributed by atoms with E-state index in [9.17, 15) is 0 Å². The normalized spacial score (nSPS) is 11.3. The molecule has 0 aliphatic rings. The number of hydrogen-bond acceptors (Lipinski definition) is 6. The first-order chi connectivity index (χ1) is 12.8. The number of rotatable bonds is 3. The van der Waals surface area contributed by atoms with Crippen molar-refractivity contribution in [1.29, 1.82) is 0 Å². The molecule has 2 aromatic carbocycles. The van der Waals surface area contributed by atoms with Crippen LogP contribution in [0.15, 0.2) is 60.9 Å². The van der Waals surface area contributed by atoms with E-state index < -0.39 is 0 Å². The maximum atomic E-state index is 4.71. The molecule has 0 bridgehead atoms. The second kappa shape index (κ2) is 5.89. The number of aryl methyl sites for hydroxylation is 1. The largest absolute Gasteiger partial charge is 0.315 e. The van der Waals surface area contributed by atoms with Crippen LogP contribution in [0.25, 0.3) is 27.1 Å². The summed E-state index contributed by atoms with van der Waals surface area (Å²) in [4.78, 5) is 18.2. The highest BCUT2D eigenvalue weighted by Gasteiger charge is 2.11. The van der Waals surface area contributed by atoms with E-state index in [1.165, 1.54) is 0 Å². The van der Waals surface area contributed by atoms with E-state index in [0.717, 1.165) is 38.0 Å². The van der Waals surface area contributed by atoms with Gasteiger partial charge >= 0.3 is 0 Å². The van der Waals surface area contributed by atoms with Crippen LogP contribution in [-0.2, 0) is 0 Å². The van der Waals surface area contributed by atoms with Gasteiger partial charge in [0.05, 0.1) is 33.6 Å². The molecule has 5 aromatic rings. The monoisotopic (exact) mass is 358 g/mol. The lowest BCUT2D eigenvalue weighted by atomic mass is 10.3. The van der Waals surface area contributed by atoms with Crippen molar-refractivity contribution in [2.75, 3.05) is 5.32 Å². The van der Waals surface area contributed by atoms with Crippen LogP contribution in [0, 0.1) is 6.92 Å². The summed E-state index contributed by atoms with van der Waals surface area (Å²) in [7, 11) is 0. The smallest absolute Gasteiger partial charge is 0.189 e. The SMILES string of the molecule is Cc1nc2ccccc2n1-c1cncc(Nc2nc3ccccc3s2)n1. The molecule has 0 aliphatic carbocycles. The summed E-state index contributed by atoms with van der Waals surface area (Å²) in [6.45, 7) is 1.97. The third-order valence-corrected chi connectivity index (χ3v) is 5.06. The quantitative estimate of drug-likeness (QED) is 0.515. The number of para-hydroxylation sites is 3. The zero-order valence-corrected chi connectivity index (χ0v) is 14.7. The molecule has 0 spiro atoms. The average Bonchev–Trinajstić information content (AvgIpc) is 3.21. The van der Waals surface area contributed by atoms with Crippen LogP contribution in [0.5, 0.6) is 0 Å². The second-order valence-electron chi connectivity index (χ2n) is 5.86. The van der Waals surface area contributed by atoms with Gasteiger partial charge in [0.15, 0.2) is 16.8 Å². The summed E-state index contributed by atoms with van der Waals surface area (Å²) in [5.41, 5.74) is 2.92. The first-order valence-electron chi connectivity index (χ1n) is 8.17. The van der Waals surface area contributed by atoms with Crippen molar-refractivity contribution in [3.05, 3.63) is 66.7 Å². The first-order valence-corrected chi connectivity index (χ1v) is 8.99. The Hall–Kier alpha value is -3.32. The van der Waals surface area contributed by atoms with E-state index in [4.69, 9.17) is 4.98 Å². The van der Waals surface area contributed by atoms with Gasteiger partial charge in [-0.3, -0.25) is 9.55 Å². The summed E-state index contributed by atoms with van der Waals surface area (Å²) in [6.07, 6.45) is 3.44. The van der Waals surface area contributed by atoms with E-state index in [0.29, 0.717) is 5.82 Å². The van der Waals surface area contributed by atoms with Gasteiger partial charge in [-0.2, -0.15) is 0 Å². The van der Waals surface area contributed by atoms with Crippen LogP contribution in [0.3, 0.4) is 0 Å². The number of fused-ring (bicyclic) bond motifs is 2. The van der Waals surface area contributed by atoms with Gasteiger partial charge in [0.1, 0.15) is 5.82 Å². The molecule has 126 valence electrons. The zero-order chi connectivity index (χ0) is 17.5. The number of anilines is 2. The Balaban J connectivity index is 1.55. The Morgan fingerprint density at radius 3 is 2.58 bits per heavy atom. The predicted octanol–water partition coefficient (Wildman–Crippen LogP) is 4.48. The molecule has 0 unspecified atom stereocenters. The Labute approximate surface area is 153 Å². The molecule has 1 N–H and O–H groups in total. The van der Waals surface area contributed by atoms with Gasteiger partial charge in [-0.15, -0.1) is 0 Å². The molecule has 0 saturated heterocycles. The summed E-state index contributed by atoms with van der Waals surface area (Å²) in [5.74, 6) is 2.25. The van der Waals surface area contributed by atoms with Crippen LogP contribution in [0.1, 0.15) is 5.82 Å². The highest BCUT2D eigenvalue weighted by molar-refractivity contribution is 7.22. The summed E-state index contributed by atoms with van der Waals surface area (Å²) < 4.78 is 3.14. The maximum Gasteiger partial charge on any atom is 0.189 e. The van der Waals surface area contributed by atoms with Gasteiger partial charge in [-0.1, -0.05) is 35.6 Å². The molecule has 6 nitrogen and oxygen atoms in total. The van der Waals surface area contributed by atoms with E-state index in [1.807, 2.05) is 54.0 Å². The molecule has 3 heterocycles. The van der Waals surface area contributed by atoms with Crippen molar-refractivity contribution >= 4 is 43.5 Å². The average molecular weight is 358 g/mol. The number of nitrogens with zero attached hydrogens (tertiary/aromatic N) is 5. The lowest BCUT2D eigenvalue weighted by Crippen LogP contribution is -2.03. The van der Waals surface area contributed by atoms with Gasteiger partial charge in [0.2, 0.25) is 0 Å². The lowest BCUT2D eigenvalue weighted by Gasteiger charge is -2.07. The van der Waals surface area contributed by atoms with E-state index in [-0.39, 0.29) is 0 Å². The van der Waals surface area contributed by atoms with Crippen molar-refractivity contribution in [2.45, 2.75) is 6.92 Å². The van der Waals surface area contributed by atoms with E-state index >= 15 is 0 Å². The molecule has 3 aromatic heterocycles. The highest BCUT2D eigenvalue weighted by Crippen LogP contribution is 2.28. The highest BCUT2D eigenvalue weighted by atomic mass is 32.1. The summed E-state index contributed by atoms with van der Waals surface area (Å²) in [5, 5.41) is 4.06. The standard InChI is InChI=1S/C19H14N6S/c1-12-21-13-6-2-4-8-15(13)25(12)18-11-20-10-17(23-18)24-19-22-14-7-3-5-9-16(14)26-19/h2-11H,1H3,(H,22,23,24). The fraction of sp³-hybridized carbons (Fsp3) is 0.0526. The van der Waals surface area contributed by atoms with Crippen molar-refractivity contribution in [3.63, 3.8) is 0 Å². The topological polar surface area (TPSA) is 68.5 Å². The molecule has 0 radical (unpaired) electrons. The van der Waals surface area contributed by atoms with E-state index in [2.05, 4.69) is 26.3 Å². The molecule has 0 aliphatic heterocycles. The molecule has 26 heavy (non-hydrogen) atoms. The fourth-order valence-electron chi connectivity index (χ4n) is 2.99. The number of aromatic nitrogens is 5. The van der Waals surface area contributed by atoms with Gasteiger partial charge in [0, 0.05) is 0 Å². The molecule has 5 rings (SSSR count). The number of thiazole rings is 1. The maximum absolute atomic E-state index is 4.71. The molecule has 0 fully saturated rings. The Kier molecular flexibility index (Phi) is 3.39. The van der Waals surface area contributed by atoms with E-state index in [1.54, 1.807) is 23.7 Å². The third-order valence-electron chi connectivity index (χ3n) is 4.11. The first kappa shape index (κ1) is 15.0. The lowest BCUT2D eigenvalue weighted by molar-refractivity contribution is 0.943. The minimum atomic E-state index is 0.652. The van der Waals surface area contributed by atoms with Crippen LogP contribution in [0.2, 0.25) is 0 Å². The minimum Gasteiger partial charge on any atom is -0.315 e. The Morgan fingerprint density at radius 2 is 1.69 bits per heavy atom. The minimum absolute atomic E-state index is 0.652. The zero-order valence-electron chi connectivity index (χ0n) is 13.9. The number of imidazole rings is 1. The number of benzene rings is 2. The van der Waals surface area contributed by atoms with Crippen molar-refractivity contribution < 1.29 is 0 Å². The van der Waals surface area contributed by atoms with Crippen molar-refractivity contribution in [3.8, 4) is 5.82 Å². The van der Waals surface area contributed by atoms with Crippen LogP contribution < -0.4 is 5.32 Å². The third kappa shape index (κ3) is 2.49. The summed E-state index contributed by atoms with van der Waals surface area (Å²) in [6, 6.07) is 16.1. The van der Waals surface area contributed by atoms with Crippen LogP contribution in [0.4, 0.5) is 10.9 Å². The number of hydrogen-bond donors (Lipinski definition) is 1. The van der Waals surface area contributed by atoms with Crippen molar-refractivity contribution in [1.82, 2.24) is 24.5 Å². The molecular formula is C19H14N6S. The molecule has 0 saturated carbocycles. The Bertz CT molecular complexity index is 1210. The van der Waals surface area contributed by atoms with Gasteiger partial charge in [0.25, 0.3) is 0 Å². The van der Waals surface area contributed by atoms with Gasteiger partial charge < -0.3 is 5.32 Å². The molecule has 7 heteroatoms. The van der Waals surface area contributed by atoms with Crippen LogP contribution in [-0.4, -0.2) is 24.5 Å². The second-order valence-corrected chi connectivity index (χ2v) is 6.89. The summed E-state index contributed by atoms with van der Waals surface area (Å²) >= 11 is 1.59. The van der Waals surface area contributed by atoms with Crippen LogP contribution >= 0.6 is 11.3 Å². The van der Waals surface area contributed by atoms with Crippen molar-refractivity contribution in [2.24, 2.45) is 0 Å². The Morgan fingerprint density at radius 1 is 0.885 bits per heavy atom. The molecule has 0 atom stereocenters. The van der Waals surface area contributed by atoms with Gasteiger partial charge in [-0.05, 0) is 31.2 Å². The fourth-order valence-corrected chi connectivity index (χ4v) is 3.87. The molecular weight excluding hydrogens is 344 g/mol. The number of nitrogens with one attached hydrogen (secondary N) is 1.